The molecule has 0 spiro atoms. The van der Waals surface area contributed by atoms with Crippen molar-refractivity contribution in [2.45, 2.75) is 32.0 Å². The average Bonchev–Trinajstić information content (AvgIpc) is 2.13. The Labute approximate surface area is 49.1 Å². The van der Waals surface area contributed by atoms with Gasteiger partial charge in [0.2, 0.25) is 0 Å². The highest BCUT2D eigenvalue weighted by Gasteiger charge is 2.51. The average molecular weight is 116 g/mol. The maximum Gasteiger partial charge on any atom is 0.0678 e. The number of hydrogen-bond acceptors (Lipinski definition) is 2. The van der Waals surface area contributed by atoms with E-state index in [-0.39, 0.29) is 12.0 Å². The molecule has 0 bridgehead atoms. The molecule has 3 atom stereocenters. The molecule has 48 valence electrons. The Bertz CT molecular complexity index is 96.7. The van der Waals surface area contributed by atoms with E-state index in [1.807, 2.05) is 0 Å². The van der Waals surface area contributed by atoms with Crippen molar-refractivity contribution in [3.8, 4) is 0 Å². The van der Waals surface area contributed by atoms with E-state index in [2.05, 4.69) is 0 Å². The van der Waals surface area contributed by atoms with Crippen molar-refractivity contribution >= 4 is 0 Å². The van der Waals surface area contributed by atoms with E-state index >= 15 is 0 Å². The maximum atomic E-state index is 9.10. The van der Waals surface area contributed by atoms with Crippen LogP contribution in [-0.4, -0.2) is 21.9 Å². The highest BCUT2D eigenvalue weighted by atomic mass is 16.3. The second-order valence-electron chi connectivity index (χ2n) is 2.91. The van der Waals surface area contributed by atoms with Gasteiger partial charge in [-0.15, -0.1) is 0 Å². The predicted octanol–water partition coefficient (Wildman–Crippen LogP) is 0.138. The second-order valence-corrected chi connectivity index (χ2v) is 2.91. The SMILES string of the molecule is C[C@H](O)[C@@H]1C[C@@]1(C)O. The topological polar surface area (TPSA) is 40.5 Å². The van der Waals surface area contributed by atoms with E-state index in [0.717, 1.165) is 6.42 Å². The Morgan fingerprint density at radius 1 is 1.75 bits per heavy atom. The zero-order valence-corrected chi connectivity index (χ0v) is 5.26. The van der Waals surface area contributed by atoms with Gasteiger partial charge in [0.1, 0.15) is 0 Å². The van der Waals surface area contributed by atoms with E-state index in [9.17, 15) is 0 Å². The maximum absolute atomic E-state index is 9.10. The van der Waals surface area contributed by atoms with Gasteiger partial charge in [0.15, 0.2) is 0 Å². The van der Waals surface area contributed by atoms with Crippen LogP contribution in [0.1, 0.15) is 20.3 Å². The van der Waals surface area contributed by atoms with Gasteiger partial charge < -0.3 is 10.2 Å². The van der Waals surface area contributed by atoms with E-state index in [1.54, 1.807) is 13.8 Å². The summed E-state index contributed by atoms with van der Waals surface area (Å²) in [5.41, 5.74) is -0.561. The summed E-state index contributed by atoms with van der Waals surface area (Å²) in [5, 5.41) is 18.0. The molecule has 0 aromatic rings. The fourth-order valence-electron chi connectivity index (χ4n) is 1.08. The molecular weight excluding hydrogens is 104 g/mol. The molecule has 1 aliphatic carbocycles. The van der Waals surface area contributed by atoms with Gasteiger partial charge in [0, 0.05) is 5.92 Å². The molecule has 0 saturated heterocycles. The largest absolute Gasteiger partial charge is 0.393 e. The molecule has 2 N–H and O–H groups in total. The van der Waals surface area contributed by atoms with Gasteiger partial charge in [-0.25, -0.2) is 0 Å². The summed E-state index contributed by atoms with van der Waals surface area (Å²) >= 11 is 0. The van der Waals surface area contributed by atoms with Crippen LogP contribution in [0.2, 0.25) is 0 Å². The van der Waals surface area contributed by atoms with Crippen molar-refractivity contribution in [3.63, 3.8) is 0 Å². The molecule has 0 aliphatic heterocycles. The van der Waals surface area contributed by atoms with E-state index < -0.39 is 5.60 Å². The third kappa shape index (κ3) is 0.858. The van der Waals surface area contributed by atoms with Crippen molar-refractivity contribution in [3.05, 3.63) is 0 Å². The van der Waals surface area contributed by atoms with Gasteiger partial charge in [-0.2, -0.15) is 0 Å². The molecule has 0 amide bonds. The molecule has 1 fully saturated rings. The van der Waals surface area contributed by atoms with Gasteiger partial charge in [-0.1, -0.05) is 0 Å². The highest BCUT2D eigenvalue weighted by Crippen LogP contribution is 2.44. The van der Waals surface area contributed by atoms with Crippen molar-refractivity contribution in [2.24, 2.45) is 5.92 Å². The van der Waals surface area contributed by atoms with Crippen molar-refractivity contribution in [1.29, 1.82) is 0 Å². The molecule has 0 radical (unpaired) electrons. The quantitative estimate of drug-likeness (QED) is 0.511. The van der Waals surface area contributed by atoms with Gasteiger partial charge >= 0.3 is 0 Å². The number of hydrogen-bond donors (Lipinski definition) is 2. The molecule has 0 aromatic carbocycles. The minimum atomic E-state index is -0.561. The van der Waals surface area contributed by atoms with Crippen LogP contribution in [-0.2, 0) is 0 Å². The van der Waals surface area contributed by atoms with Gasteiger partial charge in [0.25, 0.3) is 0 Å². The first-order valence-electron chi connectivity index (χ1n) is 2.94. The molecule has 1 rings (SSSR count). The van der Waals surface area contributed by atoms with Crippen molar-refractivity contribution in [1.82, 2.24) is 0 Å². The molecular formula is C6H12O2. The minimum absolute atomic E-state index is 0.127. The van der Waals surface area contributed by atoms with Gasteiger partial charge in [-0.05, 0) is 20.3 Å². The van der Waals surface area contributed by atoms with Crippen LogP contribution in [0, 0.1) is 5.92 Å². The Hall–Kier alpha value is -0.0800. The van der Waals surface area contributed by atoms with Crippen LogP contribution >= 0.6 is 0 Å². The Morgan fingerprint density at radius 2 is 2.12 bits per heavy atom. The highest BCUT2D eigenvalue weighted by molar-refractivity contribution is 5.01. The normalized spacial score (nSPS) is 48.8. The first kappa shape index (κ1) is 6.05. The van der Waals surface area contributed by atoms with E-state index in [0.29, 0.717) is 0 Å². The van der Waals surface area contributed by atoms with Gasteiger partial charge in [-0.3, -0.25) is 0 Å². The lowest BCUT2D eigenvalue weighted by atomic mass is 10.2. The van der Waals surface area contributed by atoms with Crippen LogP contribution in [0.4, 0.5) is 0 Å². The molecule has 0 heterocycles. The molecule has 0 unspecified atom stereocenters. The summed E-state index contributed by atoms with van der Waals surface area (Å²) in [6.07, 6.45) is 0.412. The van der Waals surface area contributed by atoms with Crippen LogP contribution in [0.15, 0.2) is 0 Å². The molecule has 0 aromatic heterocycles. The van der Waals surface area contributed by atoms with E-state index in [4.69, 9.17) is 10.2 Å². The number of rotatable bonds is 1. The summed E-state index contributed by atoms with van der Waals surface area (Å²) in [5.74, 6) is 0.127. The third-order valence-electron chi connectivity index (χ3n) is 1.85. The fraction of sp³-hybridized carbons (Fsp3) is 1.00. The predicted molar refractivity (Wildman–Crippen MR) is 30.4 cm³/mol. The first-order valence-corrected chi connectivity index (χ1v) is 2.94. The lowest BCUT2D eigenvalue weighted by Crippen LogP contribution is -2.13. The van der Waals surface area contributed by atoms with Crippen LogP contribution < -0.4 is 0 Å². The molecule has 1 aliphatic rings. The fourth-order valence-corrected chi connectivity index (χ4v) is 1.08. The monoisotopic (exact) mass is 116 g/mol. The Balaban J connectivity index is 2.37. The molecule has 1 saturated carbocycles. The van der Waals surface area contributed by atoms with Gasteiger partial charge in [0.05, 0.1) is 11.7 Å². The molecule has 8 heavy (non-hydrogen) atoms. The van der Waals surface area contributed by atoms with Crippen molar-refractivity contribution < 1.29 is 10.2 Å². The van der Waals surface area contributed by atoms with Crippen LogP contribution in [0.25, 0.3) is 0 Å². The number of aliphatic hydroxyl groups excluding tert-OH is 1. The lowest BCUT2D eigenvalue weighted by Gasteiger charge is -2.03. The summed E-state index contributed by atoms with van der Waals surface area (Å²) in [7, 11) is 0. The van der Waals surface area contributed by atoms with E-state index in [1.165, 1.54) is 0 Å². The lowest BCUT2D eigenvalue weighted by molar-refractivity contribution is 0.0922. The summed E-state index contributed by atoms with van der Waals surface area (Å²) in [6.45, 7) is 3.47. The first-order chi connectivity index (χ1) is 3.54. The zero-order valence-electron chi connectivity index (χ0n) is 5.26. The summed E-state index contributed by atoms with van der Waals surface area (Å²) in [6, 6.07) is 0. The minimum Gasteiger partial charge on any atom is -0.393 e. The Kier molecular flexibility index (Phi) is 1.10. The Morgan fingerprint density at radius 3 is 2.12 bits per heavy atom. The summed E-state index contributed by atoms with van der Waals surface area (Å²) < 4.78 is 0. The van der Waals surface area contributed by atoms with Crippen LogP contribution in [0.5, 0.6) is 0 Å². The van der Waals surface area contributed by atoms with Crippen molar-refractivity contribution in [2.75, 3.05) is 0 Å². The zero-order chi connectivity index (χ0) is 6.36. The standard InChI is InChI=1S/C6H12O2/c1-4(7)5-3-6(5,2)8/h4-5,7-8H,3H2,1-2H3/t4-,5-,6+/m0/s1. The smallest absolute Gasteiger partial charge is 0.0678 e. The summed E-state index contributed by atoms with van der Waals surface area (Å²) in [4.78, 5) is 0. The van der Waals surface area contributed by atoms with Crippen LogP contribution in [0.3, 0.4) is 0 Å². The number of aliphatic hydroxyl groups is 2. The second kappa shape index (κ2) is 1.45. The molecule has 2 heteroatoms. The third-order valence-corrected chi connectivity index (χ3v) is 1.85. The molecule has 2 nitrogen and oxygen atoms in total.